The van der Waals surface area contributed by atoms with Gasteiger partial charge in [-0.3, -0.25) is 0 Å². The third-order valence-corrected chi connectivity index (χ3v) is 12.7. The zero-order valence-electron chi connectivity index (χ0n) is 32.3. The van der Waals surface area contributed by atoms with Gasteiger partial charge in [0.15, 0.2) is 5.79 Å². The third kappa shape index (κ3) is 9.58. The molecular weight excluding hydrogens is 770 g/mol. The van der Waals surface area contributed by atoms with Crippen LogP contribution in [0.25, 0.3) is 0 Å². The van der Waals surface area contributed by atoms with Crippen LogP contribution in [0.3, 0.4) is 0 Å². The molecule has 17 heteroatoms. The summed E-state index contributed by atoms with van der Waals surface area (Å²) in [7, 11) is 0. The lowest BCUT2D eigenvalue weighted by atomic mass is 9.61. The predicted molar refractivity (Wildman–Crippen MR) is 190 cm³/mol. The maximum Gasteiger partial charge on any atom is 0.448 e. The average molecular weight is 823 g/mol. The largest absolute Gasteiger partial charge is 0.504 e. The average Bonchev–Trinajstić information content (AvgIpc) is 3.37. The van der Waals surface area contributed by atoms with Crippen molar-refractivity contribution >= 4 is 11.9 Å². The smallest absolute Gasteiger partial charge is 0.448 e. The summed E-state index contributed by atoms with van der Waals surface area (Å²) in [5.41, 5.74) is -6.06. The minimum atomic E-state index is -5.29. The number of aliphatic hydroxyl groups excluding tert-OH is 2. The van der Waals surface area contributed by atoms with Crippen LogP contribution in [0.2, 0.25) is 0 Å². The zero-order chi connectivity index (χ0) is 42.3. The molecule has 1 unspecified atom stereocenters. The van der Waals surface area contributed by atoms with Crippen LogP contribution in [0, 0.1) is 35.5 Å². The summed E-state index contributed by atoms with van der Waals surface area (Å²) in [5.74, 6) is -12.2. The van der Waals surface area contributed by atoms with Crippen molar-refractivity contribution in [1.82, 2.24) is 0 Å². The molecule has 2 aliphatic heterocycles. The van der Waals surface area contributed by atoms with Gasteiger partial charge in [0.05, 0.1) is 41.6 Å². The maximum atomic E-state index is 14.0. The van der Waals surface area contributed by atoms with Crippen molar-refractivity contribution < 1.29 is 80.4 Å². The summed E-state index contributed by atoms with van der Waals surface area (Å²) >= 11 is 0. The van der Waals surface area contributed by atoms with Crippen molar-refractivity contribution in [2.75, 3.05) is 26.4 Å². The molecule has 57 heavy (non-hydrogen) atoms. The van der Waals surface area contributed by atoms with E-state index in [2.05, 4.69) is 0 Å². The number of hydrogen-bond acceptors (Lipinski definition) is 11. The van der Waals surface area contributed by atoms with E-state index in [1.807, 2.05) is 13.8 Å². The molecular formula is C40H52F6O11. The second-order valence-electron chi connectivity index (χ2n) is 16.6. The molecule has 2 saturated carbocycles. The fourth-order valence-electron chi connectivity index (χ4n) is 9.50. The molecule has 0 amide bonds. The molecule has 4 fully saturated rings. The highest BCUT2D eigenvalue weighted by molar-refractivity contribution is 5.95. The van der Waals surface area contributed by atoms with Crippen LogP contribution in [0.15, 0.2) is 46.9 Å². The minimum absolute atomic E-state index is 0.0341. The molecule has 2 aliphatic carbocycles. The molecule has 4 aliphatic rings. The van der Waals surface area contributed by atoms with Crippen molar-refractivity contribution in [2.24, 2.45) is 35.5 Å². The SMILES string of the molecule is C[C@@H]1CC[C@@H](/C(COC(=O)c2cccc(C(=O)OC/C(=C(/O)C(F)(F)F)[C@@H]3CC[C@@H](C)[C@@H]4CCC(C)(O)OC[C@]34O)c2)=C(\O)C(F)(F)F)[C@@]2(O)CO[C@@H](C)CC[C@@H]12. The van der Waals surface area contributed by atoms with Crippen molar-refractivity contribution in [3.05, 3.63) is 58.1 Å². The molecule has 2 heterocycles. The summed E-state index contributed by atoms with van der Waals surface area (Å²) in [5, 5.41) is 55.2. The first-order chi connectivity index (χ1) is 26.4. The van der Waals surface area contributed by atoms with Crippen LogP contribution < -0.4 is 0 Å². The number of aliphatic hydroxyl groups is 5. The van der Waals surface area contributed by atoms with Gasteiger partial charge in [0.25, 0.3) is 0 Å². The Hall–Kier alpha value is -3.38. The number of rotatable bonds is 8. The number of halogens is 6. The summed E-state index contributed by atoms with van der Waals surface area (Å²) in [6, 6.07) is 4.47. The first-order valence-electron chi connectivity index (χ1n) is 19.2. The molecule has 2 saturated heterocycles. The number of fused-ring (bicyclic) bond motifs is 2. The summed E-state index contributed by atoms with van der Waals surface area (Å²) < 4.78 is 106. The first kappa shape index (κ1) is 44.7. The fourth-order valence-corrected chi connectivity index (χ4v) is 9.50. The first-order valence-corrected chi connectivity index (χ1v) is 19.2. The topological polar surface area (TPSA) is 172 Å². The molecule has 10 atom stereocenters. The number of alkyl halides is 6. The zero-order valence-corrected chi connectivity index (χ0v) is 32.3. The van der Waals surface area contributed by atoms with E-state index in [4.69, 9.17) is 18.9 Å². The molecule has 320 valence electrons. The van der Waals surface area contributed by atoms with Crippen LogP contribution in [-0.4, -0.2) is 99.3 Å². The van der Waals surface area contributed by atoms with E-state index in [0.717, 1.165) is 12.1 Å². The van der Waals surface area contributed by atoms with Gasteiger partial charge in [0.2, 0.25) is 11.5 Å². The van der Waals surface area contributed by atoms with Gasteiger partial charge in [-0.15, -0.1) is 0 Å². The highest BCUT2D eigenvalue weighted by Crippen LogP contribution is 2.52. The Morgan fingerprint density at radius 2 is 1.18 bits per heavy atom. The normalized spacial score (nSPS) is 36.0. The molecule has 5 rings (SSSR count). The van der Waals surface area contributed by atoms with Gasteiger partial charge >= 0.3 is 24.3 Å². The molecule has 1 aromatic carbocycles. The molecule has 0 aromatic heterocycles. The molecule has 11 nitrogen and oxygen atoms in total. The fraction of sp³-hybridized carbons (Fsp3) is 0.700. The van der Waals surface area contributed by atoms with Crippen molar-refractivity contribution in [2.45, 2.75) is 115 Å². The lowest BCUT2D eigenvalue weighted by Crippen LogP contribution is -2.55. The van der Waals surface area contributed by atoms with Crippen LogP contribution in [0.5, 0.6) is 0 Å². The molecule has 0 spiro atoms. The maximum absolute atomic E-state index is 14.0. The number of carbonyl (C=O) groups excluding carboxylic acids is 2. The van der Waals surface area contributed by atoms with E-state index >= 15 is 0 Å². The predicted octanol–water partition coefficient (Wildman–Crippen LogP) is 7.25. The van der Waals surface area contributed by atoms with Crippen molar-refractivity contribution in [3.8, 4) is 0 Å². The Bertz CT molecular complexity index is 1710. The van der Waals surface area contributed by atoms with E-state index in [1.165, 1.54) is 19.1 Å². The van der Waals surface area contributed by atoms with E-state index in [0.29, 0.717) is 25.7 Å². The van der Waals surface area contributed by atoms with Gasteiger partial charge in [-0.05, 0) is 101 Å². The van der Waals surface area contributed by atoms with Crippen molar-refractivity contribution in [3.63, 3.8) is 0 Å². The van der Waals surface area contributed by atoms with Gasteiger partial charge in [-0.25, -0.2) is 9.59 Å². The van der Waals surface area contributed by atoms with Crippen LogP contribution in [0.4, 0.5) is 26.3 Å². The summed E-state index contributed by atoms with van der Waals surface area (Å²) in [6.45, 7) is 3.80. The van der Waals surface area contributed by atoms with Crippen LogP contribution in [0.1, 0.15) is 99.8 Å². The highest BCUT2D eigenvalue weighted by atomic mass is 19.4. The van der Waals surface area contributed by atoms with E-state index < -0.39 is 107 Å². The quantitative estimate of drug-likeness (QED) is 0.102. The van der Waals surface area contributed by atoms with Crippen LogP contribution >= 0.6 is 0 Å². The second kappa shape index (κ2) is 16.7. The lowest BCUT2D eigenvalue weighted by Gasteiger charge is -2.48. The Morgan fingerprint density at radius 3 is 1.65 bits per heavy atom. The standard InChI is InChI=1S/C40H52F6O11/c1-21-8-11-30(37(52)19-56-23(3)10-13-28(21)37)26(32(47)39(41,42)43)17-54-34(49)24-6-5-7-25(16-24)35(50)55-18-27(33(48)40(44,45)46)31-12-9-22(2)29-14-15-36(4,51)57-20-38(29,31)53/h5-7,16,21-23,28-31,47-48,51-53H,8-15,17-20H2,1-4H3/b32-26-,33-27-/t21-,22-,23+,28+,29+,30+,31+,36?,37-,38-/m1/s1. The monoisotopic (exact) mass is 822 g/mol. The molecule has 1 aromatic rings. The van der Waals surface area contributed by atoms with Gasteiger partial charge in [-0.1, -0.05) is 19.9 Å². The number of esters is 2. The number of ether oxygens (including phenoxy) is 4. The number of carbonyl (C=O) groups is 2. The molecule has 0 radical (unpaired) electrons. The molecule has 5 N–H and O–H groups in total. The Balaban J connectivity index is 1.35. The van der Waals surface area contributed by atoms with Gasteiger partial charge in [0, 0.05) is 29.4 Å². The van der Waals surface area contributed by atoms with E-state index in [1.54, 1.807) is 6.92 Å². The van der Waals surface area contributed by atoms with Gasteiger partial charge < -0.3 is 44.5 Å². The summed E-state index contributed by atoms with van der Waals surface area (Å²) in [4.78, 5) is 26.5. The van der Waals surface area contributed by atoms with Crippen molar-refractivity contribution in [1.29, 1.82) is 0 Å². The van der Waals surface area contributed by atoms with E-state index in [-0.39, 0.29) is 61.4 Å². The Labute approximate surface area is 326 Å². The third-order valence-electron chi connectivity index (χ3n) is 12.7. The van der Waals surface area contributed by atoms with Gasteiger partial charge in [-0.2, -0.15) is 26.3 Å². The second-order valence-corrected chi connectivity index (χ2v) is 16.6. The number of hydrogen-bond donors (Lipinski definition) is 5. The number of allylic oxidation sites excluding steroid dienone is 2. The lowest BCUT2D eigenvalue weighted by molar-refractivity contribution is -0.223. The highest BCUT2D eigenvalue weighted by Gasteiger charge is 2.56. The minimum Gasteiger partial charge on any atom is -0.504 e. The number of benzene rings is 1. The Morgan fingerprint density at radius 1 is 0.719 bits per heavy atom. The molecule has 0 bridgehead atoms. The Kier molecular flexibility index (Phi) is 13.1. The van der Waals surface area contributed by atoms with Gasteiger partial charge in [0.1, 0.15) is 13.2 Å². The van der Waals surface area contributed by atoms with E-state index in [9.17, 15) is 61.5 Å². The van der Waals surface area contributed by atoms with Crippen LogP contribution in [-0.2, 0) is 18.9 Å². The summed E-state index contributed by atoms with van der Waals surface area (Å²) in [6.07, 6.45) is -8.74.